The molecule has 3 N–H and O–H groups in total. The van der Waals surface area contributed by atoms with Crippen molar-refractivity contribution in [3.63, 3.8) is 0 Å². The highest BCUT2D eigenvalue weighted by Crippen LogP contribution is 2.19. The summed E-state index contributed by atoms with van der Waals surface area (Å²) < 4.78 is 5.14. The second-order valence-electron chi connectivity index (χ2n) is 7.51. The fourth-order valence-corrected chi connectivity index (χ4v) is 3.29. The van der Waals surface area contributed by atoms with Crippen LogP contribution in [0.15, 0.2) is 72.8 Å². The van der Waals surface area contributed by atoms with Gasteiger partial charge in [0.1, 0.15) is 5.75 Å². The third-order valence-electron chi connectivity index (χ3n) is 4.73. The molecule has 0 aromatic heterocycles. The number of methoxy groups -OCH3 is 1. The predicted molar refractivity (Wildman–Crippen MR) is 134 cm³/mol. The Morgan fingerprint density at radius 3 is 2.21 bits per heavy atom. The summed E-state index contributed by atoms with van der Waals surface area (Å²) in [5.41, 5.74) is 1.86. The van der Waals surface area contributed by atoms with Crippen molar-refractivity contribution in [1.82, 2.24) is 4.90 Å². The number of amides is 3. The molecule has 0 aliphatic heterocycles. The maximum atomic E-state index is 12.7. The van der Waals surface area contributed by atoms with Crippen LogP contribution in [0.5, 0.6) is 5.75 Å². The van der Waals surface area contributed by atoms with Gasteiger partial charge in [0.05, 0.1) is 31.5 Å². The van der Waals surface area contributed by atoms with Crippen LogP contribution in [0.1, 0.15) is 10.4 Å². The lowest BCUT2D eigenvalue weighted by atomic mass is 10.1. The normalized spacial score (nSPS) is 10.5. The van der Waals surface area contributed by atoms with Gasteiger partial charge in [-0.15, -0.1) is 0 Å². The van der Waals surface area contributed by atoms with E-state index in [1.807, 2.05) is 0 Å². The highest BCUT2D eigenvalue weighted by atomic mass is 35.5. The molecule has 9 heteroatoms. The standard InChI is InChI=1S/C25H25ClN4O4/c1-30(15-23(31)27-19-6-5-7-20(14-19)34-2)16-24(32)29-22-9-4-3-8-21(22)25(33)28-18-12-10-17(26)11-13-18/h3-14H,15-16H2,1-2H3,(H,27,31)(H,28,33)(H,29,32). The van der Waals surface area contributed by atoms with Gasteiger partial charge in [0.2, 0.25) is 11.8 Å². The van der Waals surface area contributed by atoms with Crippen molar-refractivity contribution in [1.29, 1.82) is 0 Å². The molecular formula is C25H25ClN4O4. The molecule has 0 aliphatic rings. The van der Waals surface area contributed by atoms with Crippen molar-refractivity contribution in [2.45, 2.75) is 0 Å². The number of likely N-dealkylation sites (N-methyl/N-ethyl adjacent to an activating group) is 1. The van der Waals surface area contributed by atoms with E-state index in [1.54, 1.807) is 91.9 Å². The average Bonchev–Trinajstić information content (AvgIpc) is 2.80. The summed E-state index contributed by atoms with van der Waals surface area (Å²) in [4.78, 5) is 39.2. The summed E-state index contributed by atoms with van der Waals surface area (Å²) in [5.74, 6) is -0.372. The van der Waals surface area contributed by atoms with Gasteiger partial charge in [-0.1, -0.05) is 29.8 Å². The number of ether oxygens (including phenoxy) is 1. The number of nitrogens with one attached hydrogen (secondary N) is 3. The third-order valence-corrected chi connectivity index (χ3v) is 4.98. The molecule has 3 aromatic carbocycles. The lowest BCUT2D eigenvalue weighted by molar-refractivity contribution is -0.119. The zero-order chi connectivity index (χ0) is 24.5. The van der Waals surface area contributed by atoms with Crippen LogP contribution in [0.25, 0.3) is 0 Å². The molecule has 34 heavy (non-hydrogen) atoms. The molecule has 3 amide bonds. The van der Waals surface area contributed by atoms with E-state index in [9.17, 15) is 14.4 Å². The van der Waals surface area contributed by atoms with Crippen LogP contribution in [0, 0.1) is 0 Å². The Kier molecular flexibility index (Phi) is 8.61. The molecule has 0 radical (unpaired) electrons. The van der Waals surface area contributed by atoms with Crippen LogP contribution >= 0.6 is 11.6 Å². The summed E-state index contributed by atoms with van der Waals surface area (Å²) in [7, 11) is 3.21. The second kappa shape index (κ2) is 11.8. The monoisotopic (exact) mass is 480 g/mol. The number of nitrogens with zero attached hydrogens (tertiary/aromatic N) is 1. The summed E-state index contributed by atoms with van der Waals surface area (Å²) in [6.07, 6.45) is 0. The minimum Gasteiger partial charge on any atom is -0.497 e. The smallest absolute Gasteiger partial charge is 0.257 e. The second-order valence-corrected chi connectivity index (χ2v) is 7.94. The van der Waals surface area contributed by atoms with Crippen LogP contribution in [-0.4, -0.2) is 49.9 Å². The molecule has 0 spiro atoms. The highest BCUT2D eigenvalue weighted by molar-refractivity contribution is 6.30. The van der Waals surface area contributed by atoms with Gasteiger partial charge < -0.3 is 20.7 Å². The summed E-state index contributed by atoms with van der Waals surface area (Å²) >= 11 is 5.88. The number of rotatable bonds is 9. The van der Waals surface area contributed by atoms with Gasteiger partial charge in [-0.3, -0.25) is 19.3 Å². The minimum absolute atomic E-state index is 0.00330. The number of anilines is 3. The number of hydrogen-bond acceptors (Lipinski definition) is 5. The first kappa shape index (κ1) is 24.8. The molecule has 0 aliphatic carbocycles. The van der Waals surface area contributed by atoms with E-state index in [0.717, 1.165) is 0 Å². The molecule has 0 atom stereocenters. The number of hydrogen-bond donors (Lipinski definition) is 3. The Morgan fingerprint density at radius 1 is 0.824 bits per heavy atom. The van der Waals surface area contributed by atoms with E-state index in [0.29, 0.717) is 33.4 Å². The number of halogens is 1. The van der Waals surface area contributed by atoms with Crippen LogP contribution < -0.4 is 20.7 Å². The van der Waals surface area contributed by atoms with Crippen LogP contribution in [-0.2, 0) is 9.59 Å². The van der Waals surface area contributed by atoms with Crippen molar-refractivity contribution in [3.8, 4) is 5.75 Å². The third kappa shape index (κ3) is 7.33. The molecule has 3 aromatic rings. The van der Waals surface area contributed by atoms with Gasteiger partial charge in [0.25, 0.3) is 5.91 Å². The first-order valence-electron chi connectivity index (χ1n) is 10.4. The van der Waals surface area contributed by atoms with Crippen LogP contribution in [0.3, 0.4) is 0 Å². The van der Waals surface area contributed by atoms with E-state index in [4.69, 9.17) is 16.3 Å². The quantitative estimate of drug-likeness (QED) is 0.428. The topological polar surface area (TPSA) is 99.8 Å². The minimum atomic E-state index is -0.371. The molecule has 8 nitrogen and oxygen atoms in total. The Morgan fingerprint density at radius 2 is 1.50 bits per heavy atom. The summed E-state index contributed by atoms with van der Waals surface area (Å²) in [6, 6.07) is 20.4. The van der Waals surface area contributed by atoms with Crippen LogP contribution in [0.2, 0.25) is 5.02 Å². The maximum absolute atomic E-state index is 12.7. The number of carbonyl (C=O) groups is 3. The molecule has 3 rings (SSSR count). The first-order valence-corrected chi connectivity index (χ1v) is 10.8. The van der Waals surface area contributed by atoms with E-state index < -0.39 is 0 Å². The fourth-order valence-electron chi connectivity index (χ4n) is 3.16. The van der Waals surface area contributed by atoms with Gasteiger partial charge in [-0.25, -0.2) is 0 Å². The van der Waals surface area contributed by atoms with Crippen molar-refractivity contribution < 1.29 is 19.1 Å². The Balaban J connectivity index is 1.55. The maximum Gasteiger partial charge on any atom is 0.257 e. The van der Waals surface area contributed by atoms with Gasteiger partial charge in [0.15, 0.2) is 0 Å². The Bertz CT molecular complexity index is 1170. The highest BCUT2D eigenvalue weighted by Gasteiger charge is 2.16. The van der Waals surface area contributed by atoms with Gasteiger partial charge in [-0.05, 0) is 55.6 Å². The largest absolute Gasteiger partial charge is 0.497 e. The lowest BCUT2D eigenvalue weighted by Crippen LogP contribution is -2.36. The molecular weight excluding hydrogens is 456 g/mol. The van der Waals surface area contributed by atoms with E-state index in [2.05, 4.69) is 16.0 Å². The SMILES string of the molecule is COc1cccc(NC(=O)CN(C)CC(=O)Nc2ccccc2C(=O)Nc2ccc(Cl)cc2)c1. The zero-order valence-corrected chi connectivity index (χ0v) is 19.6. The number of benzene rings is 3. The van der Waals surface area contributed by atoms with E-state index in [1.165, 1.54) is 0 Å². The van der Waals surface area contributed by atoms with Gasteiger partial charge >= 0.3 is 0 Å². The molecule has 0 unspecified atom stereocenters. The van der Waals surface area contributed by atoms with Crippen molar-refractivity contribution in [3.05, 3.63) is 83.4 Å². The Hall–Kier alpha value is -3.88. The van der Waals surface area contributed by atoms with E-state index >= 15 is 0 Å². The summed E-state index contributed by atoms with van der Waals surface area (Å²) in [5, 5.41) is 8.85. The molecule has 0 saturated heterocycles. The Labute approximate surface area is 202 Å². The predicted octanol–water partition coefficient (Wildman–Crippen LogP) is 4.11. The van der Waals surface area contributed by atoms with Crippen molar-refractivity contribution in [2.24, 2.45) is 0 Å². The van der Waals surface area contributed by atoms with Gasteiger partial charge in [0, 0.05) is 22.5 Å². The summed E-state index contributed by atoms with van der Waals surface area (Å²) in [6.45, 7) is -0.0397. The van der Waals surface area contributed by atoms with Gasteiger partial charge in [-0.2, -0.15) is 0 Å². The van der Waals surface area contributed by atoms with Crippen LogP contribution in [0.4, 0.5) is 17.1 Å². The zero-order valence-electron chi connectivity index (χ0n) is 18.8. The molecule has 0 saturated carbocycles. The molecule has 0 bridgehead atoms. The lowest BCUT2D eigenvalue weighted by Gasteiger charge is -2.17. The number of para-hydroxylation sites is 1. The van der Waals surface area contributed by atoms with Crippen molar-refractivity contribution in [2.75, 3.05) is 43.2 Å². The molecule has 0 heterocycles. The average molecular weight is 481 g/mol. The molecule has 176 valence electrons. The fraction of sp³-hybridized carbons (Fsp3) is 0.160. The van der Waals surface area contributed by atoms with E-state index in [-0.39, 0.29) is 30.8 Å². The van der Waals surface area contributed by atoms with Crippen molar-refractivity contribution >= 4 is 46.4 Å². The first-order chi connectivity index (χ1) is 16.3. The number of carbonyl (C=O) groups excluding carboxylic acids is 3. The molecule has 0 fully saturated rings.